The molecule has 0 aromatic heterocycles. The molecule has 0 bridgehead atoms. The van der Waals surface area contributed by atoms with Gasteiger partial charge in [0.25, 0.3) is 0 Å². The second kappa shape index (κ2) is 64.1. The smallest absolute Gasteiger partial charge is 0.465 e. The number of halogens is 3. The molecule has 0 aliphatic heterocycles. The van der Waals surface area contributed by atoms with Gasteiger partial charge in [0.05, 0.1) is 56.1 Å². The van der Waals surface area contributed by atoms with E-state index in [4.69, 9.17) is 50.6 Å². The van der Waals surface area contributed by atoms with Crippen molar-refractivity contribution in [1.82, 2.24) is 0 Å². The van der Waals surface area contributed by atoms with Gasteiger partial charge in [-0.3, -0.25) is 18.6 Å². The summed E-state index contributed by atoms with van der Waals surface area (Å²) in [6, 6.07) is 22.7. The van der Waals surface area contributed by atoms with E-state index in [0.29, 0.717) is 49.9 Å². The Morgan fingerprint density at radius 2 is 0.586 bits per heavy atom. The van der Waals surface area contributed by atoms with E-state index in [9.17, 15) is 78.1 Å². The largest absolute Gasteiger partial charge is 1.00 e. The van der Waals surface area contributed by atoms with Crippen LogP contribution in [-0.4, -0.2) is 223 Å². The first-order valence-corrected chi connectivity index (χ1v) is 96.5. The summed E-state index contributed by atoms with van der Waals surface area (Å²) in [4.78, 5) is 35.6. The molecule has 0 radical (unpaired) electrons. The molecule has 0 spiro atoms. The molecule has 0 amide bonds. The maximum Gasteiger partial charge on any atom is 1.00 e. The van der Waals surface area contributed by atoms with Gasteiger partial charge in [-0.25, -0.2) is 50.5 Å². The maximum absolute atomic E-state index is 12.2. The van der Waals surface area contributed by atoms with Gasteiger partial charge in [-0.15, -0.1) is 0 Å². The minimum Gasteiger partial charge on any atom is -0.465 e. The molecule has 0 saturated heterocycles. The van der Waals surface area contributed by atoms with Crippen molar-refractivity contribution in [3.8, 4) is 0 Å². The van der Waals surface area contributed by atoms with Gasteiger partial charge in [-0.2, -0.15) is 13.2 Å². The minimum absolute atomic E-state index is 0. The van der Waals surface area contributed by atoms with E-state index in [0.717, 1.165) is 73.4 Å². The number of carbonyl (C=O) groups is 3. The molecule has 3 unspecified atom stereocenters. The average molecular weight is 2460 g/mol. The average Bonchev–Trinajstić information content (AvgIpc) is 0.767. The normalized spacial score (nSPS) is 14.2. The molecular formula is C88H181F3K2N3NaO29S6Si13. The van der Waals surface area contributed by atoms with Crippen LogP contribution in [0.5, 0.6) is 0 Å². The fraction of sp³-hybridized carbons (Fsp3) is 0.761. The van der Waals surface area contributed by atoms with Gasteiger partial charge in [-0.1, -0.05) is 111 Å². The summed E-state index contributed by atoms with van der Waals surface area (Å²) in [5.41, 5.74) is -4.16. The zero-order chi connectivity index (χ0) is 113. The number of ether oxygens (including phenoxy) is 3. The zero-order valence-corrected chi connectivity index (χ0v) is 123. The van der Waals surface area contributed by atoms with Crippen molar-refractivity contribution in [3.63, 3.8) is 0 Å². The van der Waals surface area contributed by atoms with Crippen LogP contribution in [0.1, 0.15) is 190 Å². The topological polar surface area (TPSA) is 428 Å². The van der Waals surface area contributed by atoms with Crippen LogP contribution in [0.2, 0.25) is 202 Å². The molecule has 0 saturated carbocycles. The Bertz CT molecular complexity index is 4920. The summed E-state index contributed by atoms with van der Waals surface area (Å²) in [5.74, 6) is 0.290. The molecule has 3 atom stereocenters. The summed E-state index contributed by atoms with van der Waals surface area (Å²) in [5, 5.41) is 1.12. The number of hydrogen-bond acceptors (Lipinski definition) is 29. The van der Waals surface area contributed by atoms with E-state index in [2.05, 4.69) is 245 Å². The third-order valence-electron chi connectivity index (χ3n) is 19.8. The second-order valence-electron chi connectivity index (χ2n) is 45.8. The SMILES string of the molecule is CCC(C)(C)C(=O)OCCC[Si](C)(C)O[Si](C)(C)O[Si](C)(C)O[Si](C)(C)O[Si](C)(C)C.CCC(C)(C)C(=O)OCCC[Si](O[Si](C)(C)C)(O[Si](C)(C)C)O[Si](C)(C)C.CCC(C)(C)C(=O)OCCOS(=O)(=O)[N-]S(=O)(=O)C(F)(F)F.CCC(C)c1ccc(S(=O)(=O)[N-]S(C)(=O)=O)cc1.CCC(C)c1ccc(S(=O)(=O)[N-]S(C)(=O)=O)cc1.CCC(C)c1ccc([Si](O[Si](C)(C)C)(O[Si](C)(C)C)O[Si](C)(C)C)cc1.[K+].[K+].[Na+]. The van der Waals surface area contributed by atoms with E-state index >= 15 is 0 Å². The van der Waals surface area contributed by atoms with Gasteiger partial charge in [0, 0.05) is 33.5 Å². The van der Waals surface area contributed by atoms with Crippen LogP contribution >= 0.6 is 0 Å². The summed E-state index contributed by atoms with van der Waals surface area (Å²) in [6.45, 7) is 91.8. The molecule has 57 heteroatoms. The van der Waals surface area contributed by atoms with Crippen LogP contribution in [0.4, 0.5) is 13.2 Å². The Balaban J connectivity index is -0.000000402. The summed E-state index contributed by atoms with van der Waals surface area (Å²) in [6.07, 6.45) is 8.02. The number of esters is 3. The Labute approximate surface area is 997 Å². The number of alkyl halides is 3. The predicted octanol–water partition coefficient (Wildman–Crippen LogP) is 15.2. The standard InChI is InChI=1S/C20H50O6Si5.C19H40O3Si4.C18H44O5Si4.2C11H16NO4S2.C9H15F3NO7S2.2K.Na/c1-15-20(2,3)19(21)22-17-16-18-28(7,8)24-30(11,12)26-31(13,14)25-29(9,10)23-27(4,5)6;1-12-17(2)18-13-15-19(16-14-18)26(20-23(3,4)5,21-24(6,7)8)22-25(9,10)11;1-13-18(2,3)17(19)20-15-14-16-27(21-24(4,5)6,22-25(7,8)9)23-26(10,11)12;2*1-4-9(2)10-5-7-11(8-6-10)18(15,16)12-17(3,13)14;1-4-8(2,3)7(14)19-5-6-20-22(17,18)13-21(15,16)9(10,11)12;;;/h15-18H2,1-14H3;13-17H,12H2,1-11H3;13-16H2,1-12H3;2*5-9H,4H2,1-3H3;4-6H2,1-3H3;;;/q;;;3*-1;3*+1. The maximum atomic E-state index is 12.2. The first-order valence-electron chi connectivity index (χ1n) is 48.0. The van der Waals surface area contributed by atoms with E-state index < -0.39 is 211 Å². The van der Waals surface area contributed by atoms with Gasteiger partial charge >= 0.3 is 199 Å². The van der Waals surface area contributed by atoms with E-state index in [-0.39, 0.29) is 154 Å². The van der Waals surface area contributed by atoms with Crippen LogP contribution in [0.15, 0.2) is 82.6 Å². The number of carbonyl (C=O) groups excluding carboxylic acids is 3. The molecule has 3 rings (SSSR count). The zero-order valence-electron chi connectivity index (χ0n) is 97.3. The number of sulfonamides is 5. The van der Waals surface area contributed by atoms with Crippen LogP contribution in [0.25, 0.3) is 12.4 Å². The Kier molecular flexibility index (Phi) is 69.7. The van der Waals surface area contributed by atoms with E-state index in [1.54, 1.807) is 49.2 Å². The predicted molar refractivity (Wildman–Crippen MR) is 599 cm³/mol. The molecule has 3 aromatic rings. The van der Waals surface area contributed by atoms with Crippen molar-refractivity contribution in [1.29, 1.82) is 0 Å². The van der Waals surface area contributed by atoms with E-state index in [1.165, 1.54) is 29.8 Å². The number of nitrogens with zero attached hydrogens (tertiary/aromatic N) is 3. The first kappa shape index (κ1) is 158. The van der Waals surface area contributed by atoms with Crippen molar-refractivity contribution < 1.29 is 270 Å². The van der Waals surface area contributed by atoms with Crippen molar-refractivity contribution >= 4 is 193 Å². The van der Waals surface area contributed by atoms with E-state index in [1.807, 2.05) is 69.2 Å². The molecule has 0 heterocycles. The van der Waals surface area contributed by atoms with Crippen molar-refractivity contribution in [3.05, 3.63) is 102 Å². The third-order valence-corrected chi connectivity index (χ3v) is 69.5. The van der Waals surface area contributed by atoms with Crippen molar-refractivity contribution in [2.24, 2.45) is 16.2 Å². The summed E-state index contributed by atoms with van der Waals surface area (Å²) < 4.78 is 262. The molecule has 0 fully saturated rings. The van der Waals surface area contributed by atoms with Crippen molar-refractivity contribution in [2.45, 2.75) is 390 Å². The third kappa shape index (κ3) is 71.4. The minimum atomic E-state index is -6.23. The van der Waals surface area contributed by atoms with Crippen LogP contribution in [0, 0.1) is 16.2 Å². The number of benzene rings is 3. The quantitative estimate of drug-likeness (QED) is 0.0219. The summed E-state index contributed by atoms with van der Waals surface area (Å²) in [7, 11) is -55.3. The molecule has 145 heavy (non-hydrogen) atoms. The van der Waals surface area contributed by atoms with Gasteiger partial charge in [0.1, 0.15) is 26.7 Å². The van der Waals surface area contributed by atoms with Gasteiger partial charge in [0.15, 0.2) is 76.6 Å². The van der Waals surface area contributed by atoms with Crippen molar-refractivity contribution in [2.75, 3.05) is 38.9 Å². The summed E-state index contributed by atoms with van der Waals surface area (Å²) >= 11 is 0. The molecule has 0 aliphatic rings. The molecular weight excluding hydrogens is 2280 g/mol. The fourth-order valence-electron chi connectivity index (χ4n) is 12.5. The number of rotatable bonds is 53. The number of hydrogen-bond donors (Lipinski definition) is 0. The molecule has 32 nitrogen and oxygen atoms in total. The molecule has 3 aromatic carbocycles. The Morgan fingerprint density at radius 1 is 0.338 bits per heavy atom. The van der Waals surface area contributed by atoms with Gasteiger partial charge < -0.3 is 67.7 Å². The van der Waals surface area contributed by atoms with Crippen LogP contribution in [0.3, 0.4) is 0 Å². The van der Waals surface area contributed by atoms with Gasteiger partial charge in [0.2, 0.25) is 10.3 Å². The first-order chi connectivity index (χ1) is 62.9. The van der Waals surface area contributed by atoms with Crippen LogP contribution < -0.4 is 138 Å². The molecule has 0 aliphatic carbocycles. The molecule has 834 valence electrons. The molecule has 0 N–H and O–H groups in total. The second-order valence-corrected chi connectivity index (χ2v) is 110. The fourth-order valence-corrected chi connectivity index (χ4v) is 70.3. The van der Waals surface area contributed by atoms with Crippen LogP contribution in [-0.2, 0) is 134 Å². The Morgan fingerprint density at radius 3 is 0.834 bits per heavy atom. The van der Waals surface area contributed by atoms with Gasteiger partial charge in [-0.05, 0) is 348 Å². The Hall–Kier alpha value is 2.09. The monoisotopic (exact) mass is 2460 g/mol.